The van der Waals surface area contributed by atoms with E-state index in [9.17, 15) is 9.59 Å². The van der Waals surface area contributed by atoms with Gasteiger partial charge in [-0.3, -0.25) is 14.5 Å². The van der Waals surface area contributed by atoms with Crippen LogP contribution < -0.4 is 0 Å². The summed E-state index contributed by atoms with van der Waals surface area (Å²) in [5, 5.41) is 8.86. The Kier molecular flexibility index (Phi) is 3.28. The quantitative estimate of drug-likeness (QED) is 0.715. The number of rotatable bonds is 2. The van der Waals surface area contributed by atoms with Crippen LogP contribution in [0.25, 0.3) is 0 Å². The minimum atomic E-state index is -0.414. The van der Waals surface area contributed by atoms with Gasteiger partial charge >= 0.3 is 0 Å². The van der Waals surface area contributed by atoms with E-state index in [1.165, 1.54) is 17.7 Å². The molecule has 0 bridgehead atoms. The summed E-state index contributed by atoms with van der Waals surface area (Å²) in [7, 11) is 0. The number of imide groups is 1. The molecule has 1 heterocycles. The van der Waals surface area contributed by atoms with Gasteiger partial charge in [0.15, 0.2) is 0 Å². The number of aliphatic hydroxyl groups excluding tert-OH is 1. The van der Waals surface area contributed by atoms with Gasteiger partial charge in [0.2, 0.25) is 11.8 Å². The minimum Gasteiger partial charge on any atom is -0.395 e. The van der Waals surface area contributed by atoms with E-state index in [-0.39, 0.29) is 25.0 Å². The summed E-state index contributed by atoms with van der Waals surface area (Å²) < 4.78 is 0. The van der Waals surface area contributed by atoms with Crippen LogP contribution in [0.1, 0.15) is 44.9 Å². The van der Waals surface area contributed by atoms with Crippen molar-refractivity contribution < 1.29 is 14.7 Å². The van der Waals surface area contributed by atoms with Crippen LogP contribution >= 0.6 is 0 Å². The van der Waals surface area contributed by atoms with Gasteiger partial charge in [0.25, 0.3) is 0 Å². The first-order valence-electron chi connectivity index (χ1n) is 6.15. The number of hydrogen-bond acceptors (Lipinski definition) is 3. The van der Waals surface area contributed by atoms with Crippen molar-refractivity contribution >= 4 is 11.8 Å². The van der Waals surface area contributed by atoms with E-state index < -0.39 is 5.41 Å². The van der Waals surface area contributed by atoms with Gasteiger partial charge in [-0.2, -0.15) is 0 Å². The zero-order valence-corrected chi connectivity index (χ0v) is 9.57. The number of carbonyl (C=O) groups is 2. The number of carbonyl (C=O) groups excluding carboxylic acids is 2. The number of hydrogen-bond donors (Lipinski definition) is 1. The number of aliphatic hydroxyl groups is 1. The van der Waals surface area contributed by atoms with E-state index in [0.29, 0.717) is 6.42 Å². The van der Waals surface area contributed by atoms with Gasteiger partial charge in [0.05, 0.1) is 18.6 Å². The van der Waals surface area contributed by atoms with Crippen molar-refractivity contribution in [2.24, 2.45) is 5.41 Å². The first-order valence-corrected chi connectivity index (χ1v) is 6.15. The molecule has 1 aliphatic heterocycles. The summed E-state index contributed by atoms with van der Waals surface area (Å²) in [5.74, 6) is -0.130. The second-order valence-electron chi connectivity index (χ2n) is 4.95. The van der Waals surface area contributed by atoms with Crippen LogP contribution in [-0.4, -0.2) is 35.0 Å². The van der Waals surface area contributed by atoms with E-state index in [0.717, 1.165) is 25.7 Å². The van der Waals surface area contributed by atoms with E-state index in [2.05, 4.69) is 0 Å². The molecule has 4 nitrogen and oxygen atoms in total. The SMILES string of the molecule is O=C1CC2(CCCCCC2)C(=O)N1CCO. The Balaban J connectivity index is 2.16. The predicted molar refractivity (Wildman–Crippen MR) is 58.6 cm³/mol. The lowest BCUT2D eigenvalue weighted by Gasteiger charge is -2.24. The van der Waals surface area contributed by atoms with Crippen molar-refractivity contribution in [2.75, 3.05) is 13.2 Å². The maximum absolute atomic E-state index is 12.2. The average molecular weight is 225 g/mol. The van der Waals surface area contributed by atoms with Crippen LogP contribution in [0.3, 0.4) is 0 Å². The van der Waals surface area contributed by atoms with Crippen LogP contribution in [0.2, 0.25) is 0 Å². The maximum atomic E-state index is 12.2. The molecule has 2 aliphatic rings. The Bertz CT molecular complexity index is 293. The van der Waals surface area contributed by atoms with Crippen LogP contribution in [0, 0.1) is 5.41 Å². The Hall–Kier alpha value is -0.900. The predicted octanol–water partition coefficient (Wildman–Crippen LogP) is 1.08. The normalized spacial score (nSPS) is 25.2. The molecule has 2 fully saturated rings. The third-order valence-electron chi connectivity index (χ3n) is 3.87. The van der Waals surface area contributed by atoms with Gasteiger partial charge in [-0.05, 0) is 12.8 Å². The van der Waals surface area contributed by atoms with Gasteiger partial charge in [0.1, 0.15) is 0 Å². The number of amides is 2. The fourth-order valence-electron chi connectivity index (χ4n) is 2.98. The second kappa shape index (κ2) is 4.53. The monoisotopic (exact) mass is 225 g/mol. The molecule has 0 aromatic carbocycles. The molecule has 0 unspecified atom stereocenters. The molecule has 4 heteroatoms. The molecule has 0 aromatic rings. The van der Waals surface area contributed by atoms with Crippen LogP contribution in [-0.2, 0) is 9.59 Å². The second-order valence-corrected chi connectivity index (χ2v) is 4.95. The van der Waals surface area contributed by atoms with Crippen molar-refractivity contribution in [2.45, 2.75) is 44.9 Å². The molecule has 1 N–H and O–H groups in total. The molecule has 1 aliphatic carbocycles. The Morgan fingerprint density at radius 3 is 2.31 bits per heavy atom. The van der Waals surface area contributed by atoms with Gasteiger partial charge in [-0.1, -0.05) is 25.7 Å². The fraction of sp³-hybridized carbons (Fsp3) is 0.833. The summed E-state index contributed by atoms with van der Waals surface area (Å²) in [4.78, 5) is 25.2. The molecule has 0 atom stereocenters. The molecule has 0 aromatic heterocycles. The highest BCUT2D eigenvalue weighted by molar-refractivity contribution is 6.05. The van der Waals surface area contributed by atoms with E-state index >= 15 is 0 Å². The molecule has 1 spiro atoms. The zero-order chi connectivity index (χ0) is 11.6. The highest BCUT2D eigenvalue weighted by Gasteiger charge is 2.50. The largest absolute Gasteiger partial charge is 0.395 e. The van der Waals surface area contributed by atoms with Crippen molar-refractivity contribution in [3.05, 3.63) is 0 Å². The lowest BCUT2D eigenvalue weighted by atomic mass is 9.79. The average Bonchev–Trinajstić information content (AvgIpc) is 2.48. The molecule has 2 amide bonds. The molecule has 0 radical (unpaired) electrons. The third-order valence-corrected chi connectivity index (χ3v) is 3.87. The van der Waals surface area contributed by atoms with Crippen LogP contribution in [0.4, 0.5) is 0 Å². The first-order chi connectivity index (χ1) is 7.69. The minimum absolute atomic E-state index is 0.0338. The van der Waals surface area contributed by atoms with Crippen LogP contribution in [0.15, 0.2) is 0 Å². The van der Waals surface area contributed by atoms with E-state index in [4.69, 9.17) is 5.11 Å². The highest BCUT2D eigenvalue weighted by Crippen LogP contribution is 2.44. The topological polar surface area (TPSA) is 57.6 Å². The zero-order valence-electron chi connectivity index (χ0n) is 9.57. The number of β-amino-alcohol motifs (C(OH)–C–C–N with tert-alkyl or cyclic N) is 1. The summed E-state index contributed by atoms with van der Waals surface area (Å²) in [5.41, 5.74) is -0.414. The summed E-state index contributed by atoms with van der Waals surface area (Å²) in [6, 6.07) is 0. The summed E-state index contributed by atoms with van der Waals surface area (Å²) in [6.07, 6.45) is 6.50. The van der Waals surface area contributed by atoms with Crippen molar-refractivity contribution in [1.29, 1.82) is 0 Å². The van der Waals surface area contributed by atoms with Gasteiger partial charge in [-0.15, -0.1) is 0 Å². The van der Waals surface area contributed by atoms with Crippen LogP contribution in [0.5, 0.6) is 0 Å². The molecule has 1 saturated carbocycles. The van der Waals surface area contributed by atoms with Crippen molar-refractivity contribution in [1.82, 2.24) is 4.90 Å². The van der Waals surface area contributed by atoms with E-state index in [1.54, 1.807) is 0 Å². The molecule has 90 valence electrons. The molecule has 2 rings (SSSR count). The molecule has 1 saturated heterocycles. The Morgan fingerprint density at radius 2 is 1.75 bits per heavy atom. The third kappa shape index (κ3) is 1.86. The molecule has 16 heavy (non-hydrogen) atoms. The Labute approximate surface area is 95.6 Å². The van der Waals surface area contributed by atoms with Crippen molar-refractivity contribution in [3.63, 3.8) is 0 Å². The summed E-state index contributed by atoms with van der Waals surface area (Å²) >= 11 is 0. The number of likely N-dealkylation sites (tertiary alicyclic amines) is 1. The van der Waals surface area contributed by atoms with E-state index in [1.807, 2.05) is 0 Å². The fourth-order valence-corrected chi connectivity index (χ4v) is 2.98. The summed E-state index contributed by atoms with van der Waals surface area (Å²) in [6.45, 7) is 0.0347. The van der Waals surface area contributed by atoms with Gasteiger partial charge in [-0.25, -0.2) is 0 Å². The highest BCUT2D eigenvalue weighted by atomic mass is 16.3. The lowest BCUT2D eigenvalue weighted by Crippen LogP contribution is -2.37. The smallest absolute Gasteiger partial charge is 0.235 e. The number of nitrogens with zero attached hydrogens (tertiary/aromatic N) is 1. The Morgan fingerprint density at radius 1 is 1.12 bits per heavy atom. The standard InChI is InChI=1S/C12H19NO3/c14-8-7-13-10(15)9-12(11(13)16)5-3-1-2-4-6-12/h14H,1-9H2. The molecular formula is C12H19NO3. The van der Waals surface area contributed by atoms with Crippen molar-refractivity contribution in [3.8, 4) is 0 Å². The maximum Gasteiger partial charge on any atom is 0.235 e. The first kappa shape index (κ1) is 11.6. The molecular weight excluding hydrogens is 206 g/mol. The van der Waals surface area contributed by atoms with Gasteiger partial charge < -0.3 is 5.11 Å². The van der Waals surface area contributed by atoms with Gasteiger partial charge in [0, 0.05) is 6.42 Å². The lowest BCUT2D eigenvalue weighted by molar-refractivity contribution is -0.142.